The summed E-state index contributed by atoms with van der Waals surface area (Å²) in [5, 5.41) is 13.9. The number of hydrogen-bond acceptors (Lipinski definition) is 5. The number of rotatable bonds is 5. The molecule has 1 fully saturated rings. The molecule has 0 spiro atoms. The van der Waals surface area contributed by atoms with Crippen LogP contribution in [0.1, 0.15) is 6.92 Å². The second-order valence-electron chi connectivity index (χ2n) is 4.69. The predicted octanol–water partition coefficient (Wildman–Crippen LogP) is 2.11. The molecule has 1 heterocycles. The molecule has 21 heavy (non-hydrogen) atoms. The number of non-ortho nitro benzene ring substituents is 1. The molecule has 6 nitrogen and oxygen atoms in total. The summed E-state index contributed by atoms with van der Waals surface area (Å²) < 4.78 is 5.61. The fourth-order valence-corrected chi connectivity index (χ4v) is 2.16. The van der Waals surface area contributed by atoms with Gasteiger partial charge in [-0.25, -0.2) is 0 Å². The zero-order chi connectivity index (χ0) is 13.7. The van der Waals surface area contributed by atoms with Gasteiger partial charge in [0.2, 0.25) is 0 Å². The number of nitrogens with one attached hydrogen (secondary N) is 1. The largest absolute Gasteiger partial charge is 0.492 e. The zero-order valence-corrected chi connectivity index (χ0v) is 13.5. The molecule has 1 aromatic carbocycles. The number of nitrogens with zero attached hydrogens (tertiary/aromatic N) is 2. The minimum atomic E-state index is -0.411. The van der Waals surface area contributed by atoms with Crippen molar-refractivity contribution in [1.29, 1.82) is 0 Å². The van der Waals surface area contributed by atoms with Crippen LogP contribution in [0, 0.1) is 10.1 Å². The van der Waals surface area contributed by atoms with E-state index in [9.17, 15) is 10.1 Å². The lowest BCUT2D eigenvalue weighted by Gasteiger charge is -2.33. The fourth-order valence-electron chi connectivity index (χ4n) is 2.16. The Balaban J connectivity index is 0.00000200. The van der Waals surface area contributed by atoms with Crippen LogP contribution in [0.15, 0.2) is 24.3 Å². The molecular formula is C13H21Cl2N3O3. The van der Waals surface area contributed by atoms with E-state index >= 15 is 0 Å². The molecule has 1 saturated heterocycles. The van der Waals surface area contributed by atoms with Crippen LogP contribution in [0.4, 0.5) is 5.69 Å². The van der Waals surface area contributed by atoms with E-state index in [1.807, 2.05) is 0 Å². The van der Waals surface area contributed by atoms with Gasteiger partial charge in [-0.2, -0.15) is 0 Å². The Morgan fingerprint density at radius 3 is 2.62 bits per heavy atom. The van der Waals surface area contributed by atoms with Crippen LogP contribution >= 0.6 is 24.8 Å². The van der Waals surface area contributed by atoms with E-state index in [-0.39, 0.29) is 30.5 Å². The van der Waals surface area contributed by atoms with Gasteiger partial charge in [0.15, 0.2) is 0 Å². The Morgan fingerprint density at radius 1 is 1.38 bits per heavy atom. The predicted molar refractivity (Wildman–Crippen MR) is 87.0 cm³/mol. The van der Waals surface area contributed by atoms with E-state index < -0.39 is 4.92 Å². The van der Waals surface area contributed by atoms with Crippen LogP contribution in [-0.4, -0.2) is 48.7 Å². The standard InChI is InChI=1S/C13H19N3O3.2ClH/c1-11-10-14-6-7-15(11)8-9-19-13-4-2-12(3-5-13)16(17)18;;/h2-5,11,14H,6-10H2,1H3;2*1H/t11-;;/m0../s1. The Morgan fingerprint density at radius 2 is 2.05 bits per heavy atom. The summed E-state index contributed by atoms with van der Waals surface area (Å²) >= 11 is 0. The maximum atomic E-state index is 10.5. The highest BCUT2D eigenvalue weighted by molar-refractivity contribution is 5.85. The highest BCUT2D eigenvalue weighted by atomic mass is 35.5. The van der Waals surface area contributed by atoms with Gasteiger partial charge in [0.05, 0.1) is 4.92 Å². The number of halogens is 2. The molecule has 1 N–H and O–H groups in total. The summed E-state index contributed by atoms with van der Waals surface area (Å²) in [5.74, 6) is 0.674. The summed E-state index contributed by atoms with van der Waals surface area (Å²) in [4.78, 5) is 12.5. The third-order valence-corrected chi connectivity index (χ3v) is 3.33. The normalized spacial score (nSPS) is 18.2. The Bertz CT molecular complexity index is 431. The maximum absolute atomic E-state index is 10.5. The Labute approximate surface area is 136 Å². The average Bonchev–Trinajstić information content (AvgIpc) is 2.41. The van der Waals surface area contributed by atoms with Gasteiger partial charge in [-0.15, -0.1) is 24.8 Å². The molecule has 0 bridgehead atoms. The second-order valence-corrected chi connectivity index (χ2v) is 4.69. The lowest BCUT2D eigenvalue weighted by Crippen LogP contribution is -2.50. The van der Waals surface area contributed by atoms with Gasteiger partial charge in [-0.3, -0.25) is 15.0 Å². The molecule has 1 aliphatic rings. The number of benzene rings is 1. The molecule has 0 amide bonds. The van der Waals surface area contributed by atoms with Crippen molar-refractivity contribution < 1.29 is 9.66 Å². The van der Waals surface area contributed by atoms with Crippen LogP contribution in [0.25, 0.3) is 0 Å². The quantitative estimate of drug-likeness (QED) is 0.658. The molecule has 1 atom stereocenters. The van der Waals surface area contributed by atoms with E-state index in [1.54, 1.807) is 12.1 Å². The highest BCUT2D eigenvalue weighted by Crippen LogP contribution is 2.17. The lowest BCUT2D eigenvalue weighted by atomic mass is 10.2. The lowest BCUT2D eigenvalue weighted by molar-refractivity contribution is -0.384. The smallest absolute Gasteiger partial charge is 0.269 e. The number of ether oxygens (including phenoxy) is 1. The molecule has 8 heteroatoms. The number of nitro benzene ring substituents is 1. The first kappa shape index (κ1) is 19.9. The van der Waals surface area contributed by atoms with Gasteiger partial charge in [0.1, 0.15) is 12.4 Å². The highest BCUT2D eigenvalue weighted by Gasteiger charge is 2.17. The van der Waals surface area contributed by atoms with Crippen molar-refractivity contribution in [3.8, 4) is 5.75 Å². The average molecular weight is 338 g/mol. The van der Waals surface area contributed by atoms with E-state index in [2.05, 4.69) is 17.1 Å². The maximum Gasteiger partial charge on any atom is 0.269 e. The number of nitro groups is 1. The summed E-state index contributed by atoms with van der Waals surface area (Å²) in [6.07, 6.45) is 0. The minimum absolute atomic E-state index is 0. The molecule has 2 rings (SSSR count). The van der Waals surface area contributed by atoms with E-state index in [0.29, 0.717) is 18.4 Å². The molecular weight excluding hydrogens is 317 g/mol. The first-order valence-corrected chi connectivity index (χ1v) is 6.49. The van der Waals surface area contributed by atoms with Crippen LogP contribution in [0.2, 0.25) is 0 Å². The summed E-state index contributed by atoms with van der Waals surface area (Å²) in [6, 6.07) is 6.72. The monoisotopic (exact) mass is 337 g/mol. The van der Waals surface area contributed by atoms with Gasteiger partial charge in [0, 0.05) is 44.4 Å². The molecule has 0 unspecified atom stereocenters. The van der Waals surface area contributed by atoms with E-state index in [4.69, 9.17) is 4.74 Å². The van der Waals surface area contributed by atoms with Crippen LogP contribution in [0.5, 0.6) is 5.75 Å². The van der Waals surface area contributed by atoms with Crippen LogP contribution < -0.4 is 10.1 Å². The molecule has 0 radical (unpaired) electrons. The number of hydrogen-bond donors (Lipinski definition) is 1. The fraction of sp³-hybridized carbons (Fsp3) is 0.538. The van der Waals surface area contributed by atoms with Crippen LogP contribution in [0.3, 0.4) is 0 Å². The molecule has 0 saturated carbocycles. The van der Waals surface area contributed by atoms with Gasteiger partial charge < -0.3 is 10.1 Å². The van der Waals surface area contributed by atoms with Crippen molar-refractivity contribution in [2.45, 2.75) is 13.0 Å². The first-order chi connectivity index (χ1) is 9.16. The molecule has 0 aromatic heterocycles. The Kier molecular flexibility index (Phi) is 9.28. The third-order valence-electron chi connectivity index (χ3n) is 3.33. The van der Waals surface area contributed by atoms with E-state index in [0.717, 1.165) is 26.2 Å². The molecule has 1 aromatic rings. The first-order valence-electron chi connectivity index (χ1n) is 6.49. The van der Waals surface area contributed by atoms with E-state index in [1.165, 1.54) is 12.1 Å². The van der Waals surface area contributed by atoms with Gasteiger partial charge in [0.25, 0.3) is 5.69 Å². The van der Waals surface area contributed by atoms with Crippen molar-refractivity contribution in [2.24, 2.45) is 0 Å². The summed E-state index contributed by atoms with van der Waals surface area (Å²) in [6.45, 7) is 6.73. The van der Waals surface area contributed by atoms with Gasteiger partial charge in [-0.1, -0.05) is 0 Å². The molecule has 1 aliphatic heterocycles. The zero-order valence-electron chi connectivity index (χ0n) is 11.9. The summed E-state index contributed by atoms with van der Waals surface area (Å²) in [5.41, 5.74) is 0.0862. The third kappa shape index (κ3) is 6.05. The topological polar surface area (TPSA) is 67.6 Å². The van der Waals surface area contributed by atoms with Crippen molar-refractivity contribution in [2.75, 3.05) is 32.8 Å². The number of piperazine rings is 1. The van der Waals surface area contributed by atoms with Crippen LogP contribution in [-0.2, 0) is 0 Å². The Hall–Kier alpha value is -1.08. The van der Waals surface area contributed by atoms with Crippen molar-refractivity contribution >= 4 is 30.5 Å². The second kappa shape index (κ2) is 9.78. The molecule has 120 valence electrons. The van der Waals surface area contributed by atoms with Crippen molar-refractivity contribution in [1.82, 2.24) is 10.2 Å². The SMILES string of the molecule is C[C@H]1CNCCN1CCOc1ccc([N+](=O)[O-])cc1.Cl.Cl. The summed E-state index contributed by atoms with van der Waals surface area (Å²) in [7, 11) is 0. The minimum Gasteiger partial charge on any atom is -0.492 e. The van der Waals surface area contributed by atoms with Crippen molar-refractivity contribution in [3.05, 3.63) is 34.4 Å². The van der Waals surface area contributed by atoms with Gasteiger partial charge >= 0.3 is 0 Å². The molecule has 0 aliphatic carbocycles. The van der Waals surface area contributed by atoms with Gasteiger partial charge in [-0.05, 0) is 19.1 Å². The van der Waals surface area contributed by atoms with Crippen molar-refractivity contribution in [3.63, 3.8) is 0 Å².